The van der Waals surface area contributed by atoms with Crippen molar-refractivity contribution in [2.75, 3.05) is 0 Å². The van der Waals surface area contributed by atoms with Gasteiger partial charge in [0.15, 0.2) is 0 Å². The second-order valence-electron chi connectivity index (χ2n) is 7.05. The van der Waals surface area contributed by atoms with Crippen molar-refractivity contribution in [2.24, 2.45) is 0 Å². The summed E-state index contributed by atoms with van der Waals surface area (Å²) >= 11 is 0. The summed E-state index contributed by atoms with van der Waals surface area (Å²) < 4.78 is 0. The maximum atomic E-state index is 10.5. The Hall–Kier alpha value is -1.57. The lowest BCUT2D eigenvalue weighted by molar-refractivity contribution is -0.131. The number of carboxylic acid groups (broad SMARTS) is 1. The molecule has 140 valence electrons. The molecule has 0 atom stereocenters. The molecule has 0 heterocycles. The molecule has 0 aliphatic rings. The van der Waals surface area contributed by atoms with Gasteiger partial charge < -0.3 is 5.11 Å². The van der Waals surface area contributed by atoms with Gasteiger partial charge in [0.2, 0.25) is 0 Å². The van der Waals surface area contributed by atoms with Gasteiger partial charge in [-0.05, 0) is 30.0 Å². The molecule has 0 spiro atoms. The number of unbranched alkanes of at least 4 members (excludes halogenated alkanes) is 11. The summed E-state index contributed by atoms with van der Waals surface area (Å²) in [5.74, 6) is -0.902. The number of aliphatic carboxylic acids is 1. The number of rotatable bonds is 15. The van der Waals surface area contributed by atoms with Gasteiger partial charge in [0.05, 0.1) is 0 Å². The monoisotopic (exact) mass is 344 g/mol. The summed E-state index contributed by atoms with van der Waals surface area (Å²) in [6.45, 7) is 2.27. The lowest BCUT2D eigenvalue weighted by Crippen LogP contribution is -1.88. The van der Waals surface area contributed by atoms with E-state index in [-0.39, 0.29) is 0 Å². The largest absolute Gasteiger partial charge is 0.478 e. The average Bonchev–Trinajstić information content (AvgIpc) is 2.62. The fourth-order valence-electron chi connectivity index (χ4n) is 3.13. The van der Waals surface area contributed by atoms with Crippen LogP contribution in [0.2, 0.25) is 0 Å². The van der Waals surface area contributed by atoms with Crippen molar-refractivity contribution in [1.82, 2.24) is 0 Å². The first-order chi connectivity index (χ1) is 12.2. The molecule has 1 rings (SSSR count). The highest BCUT2D eigenvalue weighted by atomic mass is 16.4. The van der Waals surface area contributed by atoms with Crippen LogP contribution >= 0.6 is 0 Å². The van der Waals surface area contributed by atoms with Crippen molar-refractivity contribution in [2.45, 2.75) is 90.4 Å². The summed E-state index contributed by atoms with van der Waals surface area (Å²) in [7, 11) is 0. The van der Waals surface area contributed by atoms with E-state index in [1.807, 2.05) is 12.1 Å². The van der Waals surface area contributed by atoms with Crippen molar-refractivity contribution in [1.29, 1.82) is 0 Å². The van der Waals surface area contributed by atoms with Gasteiger partial charge in [0, 0.05) is 6.08 Å². The van der Waals surface area contributed by atoms with Crippen molar-refractivity contribution < 1.29 is 9.90 Å². The smallest absolute Gasteiger partial charge is 0.328 e. The Morgan fingerprint density at radius 3 is 1.76 bits per heavy atom. The highest BCUT2D eigenvalue weighted by molar-refractivity contribution is 5.85. The van der Waals surface area contributed by atoms with E-state index in [9.17, 15) is 4.79 Å². The van der Waals surface area contributed by atoms with Crippen LogP contribution < -0.4 is 0 Å². The third-order valence-corrected chi connectivity index (χ3v) is 4.72. The Morgan fingerprint density at radius 1 is 0.800 bits per heavy atom. The van der Waals surface area contributed by atoms with Gasteiger partial charge in [-0.3, -0.25) is 0 Å². The normalized spacial score (nSPS) is 11.2. The van der Waals surface area contributed by atoms with E-state index < -0.39 is 5.97 Å². The summed E-state index contributed by atoms with van der Waals surface area (Å²) in [4.78, 5) is 10.5. The molecule has 25 heavy (non-hydrogen) atoms. The number of aryl methyl sites for hydroxylation is 1. The molecule has 1 N–H and O–H groups in total. The van der Waals surface area contributed by atoms with E-state index >= 15 is 0 Å². The van der Waals surface area contributed by atoms with E-state index in [1.165, 1.54) is 88.7 Å². The summed E-state index contributed by atoms with van der Waals surface area (Å²) in [6, 6.07) is 8.21. The standard InChI is InChI=1S/C23H36O2/c1-2-3-4-5-6-7-8-9-10-11-12-13-14-21-15-17-22(18-16-21)19-20-23(24)25/h15-20H,2-14H2,1H3,(H,24,25). The van der Waals surface area contributed by atoms with Crippen molar-refractivity contribution in [3.63, 3.8) is 0 Å². The zero-order chi connectivity index (χ0) is 18.2. The van der Waals surface area contributed by atoms with Gasteiger partial charge in [-0.25, -0.2) is 4.79 Å². The Morgan fingerprint density at radius 2 is 1.28 bits per heavy atom. The SMILES string of the molecule is CCCCCCCCCCCCCCc1ccc(C=CC(=O)O)cc1. The molecule has 0 aromatic heterocycles. The molecule has 2 heteroatoms. The predicted octanol–water partition coefficient (Wildman–Crippen LogP) is 7.03. The Bertz CT molecular complexity index is 473. The molecule has 0 unspecified atom stereocenters. The van der Waals surface area contributed by atoms with Crippen LogP contribution in [0.4, 0.5) is 0 Å². The van der Waals surface area contributed by atoms with Gasteiger partial charge in [0.25, 0.3) is 0 Å². The molecule has 2 nitrogen and oxygen atoms in total. The quantitative estimate of drug-likeness (QED) is 0.274. The molecular weight excluding hydrogens is 308 g/mol. The molecular formula is C23H36O2. The average molecular weight is 345 g/mol. The van der Waals surface area contributed by atoms with Crippen LogP contribution in [0.25, 0.3) is 6.08 Å². The minimum atomic E-state index is -0.902. The second-order valence-corrected chi connectivity index (χ2v) is 7.05. The molecule has 0 fully saturated rings. The Balaban J connectivity index is 1.96. The fourth-order valence-corrected chi connectivity index (χ4v) is 3.13. The molecule has 0 radical (unpaired) electrons. The number of hydrogen-bond donors (Lipinski definition) is 1. The van der Waals surface area contributed by atoms with Crippen LogP contribution in [-0.2, 0) is 11.2 Å². The van der Waals surface area contributed by atoms with Gasteiger partial charge in [0.1, 0.15) is 0 Å². The zero-order valence-corrected chi connectivity index (χ0v) is 16.0. The maximum Gasteiger partial charge on any atom is 0.328 e. The molecule has 1 aromatic rings. The molecule has 0 aliphatic carbocycles. The molecule has 0 saturated heterocycles. The topological polar surface area (TPSA) is 37.3 Å². The Kier molecular flexibility index (Phi) is 12.7. The predicted molar refractivity (Wildman–Crippen MR) is 108 cm³/mol. The van der Waals surface area contributed by atoms with Crippen LogP contribution in [0.3, 0.4) is 0 Å². The number of hydrogen-bond acceptors (Lipinski definition) is 1. The van der Waals surface area contributed by atoms with E-state index in [4.69, 9.17) is 5.11 Å². The second kappa shape index (κ2) is 14.7. The fraction of sp³-hybridized carbons (Fsp3) is 0.609. The first-order valence-corrected chi connectivity index (χ1v) is 10.2. The molecule has 0 saturated carbocycles. The first kappa shape index (κ1) is 21.5. The summed E-state index contributed by atoms with van der Waals surface area (Å²) in [5.41, 5.74) is 2.29. The van der Waals surface area contributed by atoms with Crippen LogP contribution in [-0.4, -0.2) is 11.1 Å². The lowest BCUT2D eigenvalue weighted by Gasteiger charge is -2.04. The van der Waals surface area contributed by atoms with Gasteiger partial charge in [-0.15, -0.1) is 0 Å². The highest BCUT2D eigenvalue weighted by Crippen LogP contribution is 2.14. The van der Waals surface area contributed by atoms with Crippen LogP contribution in [0.5, 0.6) is 0 Å². The van der Waals surface area contributed by atoms with E-state index in [0.29, 0.717) is 0 Å². The van der Waals surface area contributed by atoms with Crippen LogP contribution in [0.15, 0.2) is 30.3 Å². The minimum absolute atomic E-state index is 0.902. The summed E-state index contributed by atoms with van der Waals surface area (Å²) in [6.07, 6.45) is 20.5. The van der Waals surface area contributed by atoms with Crippen LogP contribution in [0, 0.1) is 0 Å². The van der Waals surface area contributed by atoms with E-state index in [2.05, 4.69) is 19.1 Å². The molecule has 1 aromatic carbocycles. The highest BCUT2D eigenvalue weighted by Gasteiger charge is 1.96. The maximum absolute atomic E-state index is 10.5. The molecule has 0 bridgehead atoms. The zero-order valence-electron chi connectivity index (χ0n) is 16.0. The van der Waals surface area contributed by atoms with Gasteiger partial charge in [-0.2, -0.15) is 0 Å². The first-order valence-electron chi connectivity index (χ1n) is 10.2. The minimum Gasteiger partial charge on any atom is -0.478 e. The van der Waals surface area contributed by atoms with Crippen molar-refractivity contribution in [3.05, 3.63) is 41.5 Å². The lowest BCUT2D eigenvalue weighted by atomic mass is 10.0. The summed E-state index contributed by atoms with van der Waals surface area (Å²) in [5, 5.41) is 8.62. The van der Waals surface area contributed by atoms with Crippen molar-refractivity contribution in [3.8, 4) is 0 Å². The van der Waals surface area contributed by atoms with Crippen molar-refractivity contribution >= 4 is 12.0 Å². The number of carboxylic acids is 1. The third kappa shape index (κ3) is 12.4. The number of benzene rings is 1. The molecule has 0 amide bonds. The third-order valence-electron chi connectivity index (χ3n) is 4.72. The van der Waals surface area contributed by atoms with Crippen LogP contribution in [0.1, 0.15) is 95.1 Å². The van der Waals surface area contributed by atoms with Gasteiger partial charge in [-0.1, -0.05) is 102 Å². The Labute approximate surface area is 154 Å². The van der Waals surface area contributed by atoms with E-state index in [0.717, 1.165) is 12.0 Å². The van der Waals surface area contributed by atoms with Gasteiger partial charge >= 0.3 is 5.97 Å². The molecule has 0 aliphatic heterocycles. The number of carbonyl (C=O) groups is 1. The van der Waals surface area contributed by atoms with E-state index in [1.54, 1.807) is 6.08 Å².